The summed E-state index contributed by atoms with van der Waals surface area (Å²) >= 11 is 5.95. The minimum atomic E-state index is -3.72. The Balaban J connectivity index is 1.55. The Kier molecular flexibility index (Phi) is 5.55. The quantitative estimate of drug-likeness (QED) is 0.607. The minimum absolute atomic E-state index is 0.0641. The number of nitrogens with zero attached hydrogens (tertiary/aromatic N) is 3. The first-order valence-corrected chi connectivity index (χ1v) is 10.6. The van der Waals surface area contributed by atoms with Crippen molar-refractivity contribution in [2.24, 2.45) is 0 Å². The summed E-state index contributed by atoms with van der Waals surface area (Å²) in [6, 6.07) is 13.4. The lowest BCUT2D eigenvalue weighted by Gasteiger charge is -2.30. The van der Waals surface area contributed by atoms with Crippen molar-refractivity contribution >= 4 is 21.6 Å². The van der Waals surface area contributed by atoms with Crippen molar-refractivity contribution in [3.63, 3.8) is 0 Å². The van der Waals surface area contributed by atoms with Gasteiger partial charge in [-0.1, -0.05) is 35.0 Å². The number of benzene rings is 2. The molecule has 1 saturated heterocycles. The van der Waals surface area contributed by atoms with E-state index in [4.69, 9.17) is 25.6 Å². The first-order chi connectivity index (χ1) is 14.0. The van der Waals surface area contributed by atoms with Crippen LogP contribution in [0.15, 0.2) is 57.9 Å². The summed E-state index contributed by atoms with van der Waals surface area (Å²) < 4.78 is 43.5. The topological polar surface area (TPSA) is 94.8 Å². The molecule has 1 aliphatic rings. The molecule has 0 spiro atoms. The number of rotatable bonds is 5. The van der Waals surface area contributed by atoms with E-state index in [1.807, 2.05) is 18.2 Å². The Morgan fingerprint density at radius 2 is 2.03 bits per heavy atom. The van der Waals surface area contributed by atoms with E-state index in [9.17, 15) is 8.42 Å². The van der Waals surface area contributed by atoms with E-state index in [-0.39, 0.29) is 30.5 Å². The predicted molar refractivity (Wildman–Crippen MR) is 105 cm³/mol. The van der Waals surface area contributed by atoms with Crippen molar-refractivity contribution in [2.45, 2.75) is 11.0 Å². The van der Waals surface area contributed by atoms with Crippen LogP contribution < -0.4 is 4.74 Å². The third kappa shape index (κ3) is 4.13. The lowest BCUT2D eigenvalue weighted by atomic mass is 10.2. The zero-order valence-corrected chi connectivity index (χ0v) is 17.1. The van der Waals surface area contributed by atoms with Gasteiger partial charge >= 0.3 is 0 Å². The number of hydrogen-bond donors (Lipinski definition) is 0. The molecule has 3 aromatic rings. The molecule has 10 heteroatoms. The molecule has 1 fully saturated rings. The first-order valence-electron chi connectivity index (χ1n) is 8.83. The Morgan fingerprint density at radius 3 is 2.83 bits per heavy atom. The summed E-state index contributed by atoms with van der Waals surface area (Å²) in [5.74, 6) is 1.26. The summed E-state index contributed by atoms with van der Waals surface area (Å²) in [4.78, 5) is 4.51. The fourth-order valence-corrected chi connectivity index (χ4v) is 4.74. The Labute approximate surface area is 173 Å². The smallest absolute Gasteiger partial charge is 0.257 e. The molecular formula is C19H18ClN3O5S. The van der Waals surface area contributed by atoms with Crippen LogP contribution in [-0.2, 0) is 14.8 Å². The maximum Gasteiger partial charge on any atom is 0.257 e. The van der Waals surface area contributed by atoms with Crippen LogP contribution in [0.4, 0.5) is 0 Å². The maximum atomic E-state index is 12.9. The van der Waals surface area contributed by atoms with Crippen LogP contribution in [0.3, 0.4) is 0 Å². The van der Waals surface area contributed by atoms with Gasteiger partial charge in [0.15, 0.2) is 6.10 Å². The average Bonchev–Trinajstić information content (AvgIpc) is 3.24. The van der Waals surface area contributed by atoms with Gasteiger partial charge in [0.05, 0.1) is 18.6 Å². The van der Waals surface area contributed by atoms with Gasteiger partial charge in [0.2, 0.25) is 15.8 Å². The van der Waals surface area contributed by atoms with E-state index in [0.717, 1.165) is 5.56 Å². The van der Waals surface area contributed by atoms with Gasteiger partial charge in [-0.3, -0.25) is 0 Å². The van der Waals surface area contributed by atoms with Gasteiger partial charge in [-0.15, -0.1) is 0 Å². The molecule has 1 atom stereocenters. The van der Waals surface area contributed by atoms with Crippen LogP contribution in [-0.4, -0.2) is 49.7 Å². The van der Waals surface area contributed by atoms with Crippen LogP contribution in [0.25, 0.3) is 11.4 Å². The summed E-state index contributed by atoms with van der Waals surface area (Å²) in [7, 11) is -2.14. The highest BCUT2D eigenvalue weighted by atomic mass is 35.5. The molecule has 1 aliphatic heterocycles. The van der Waals surface area contributed by atoms with Gasteiger partial charge in [0, 0.05) is 23.7 Å². The standard InChI is InChI=1S/C19H18ClN3O5S/c1-26-15-6-2-4-13(10-15)18-21-19(28-22-18)17-12-23(8-9-27-17)29(24,25)16-7-3-5-14(20)11-16/h2-7,10-11,17H,8-9,12H2,1H3/t17-/m0/s1. The molecule has 0 bridgehead atoms. The fraction of sp³-hybridized carbons (Fsp3) is 0.263. The van der Waals surface area contributed by atoms with Crippen molar-refractivity contribution < 1.29 is 22.4 Å². The molecule has 29 heavy (non-hydrogen) atoms. The number of methoxy groups -OCH3 is 1. The molecule has 8 nitrogen and oxygen atoms in total. The third-order valence-electron chi connectivity index (χ3n) is 4.51. The van der Waals surface area contributed by atoms with Gasteiger partial charge in [-0.2, -0.15) is 9.29 Å². The second-order valence-corrected chi connectivity index (χ2v) is 8.74. The van der Waals surface area contributed by atoms with Crippen LogP contribution >= 0.6 is 11.6 Å². The lowest BCUT2D eigenvalue weighted by Crippen LogP contribution is -2.42. The summed E-state index contributed by atoms with van der Waals surface area (Å²) in [5.41, 5.74) is 0.721. The Bertz CT molecular complexity index is 1120. The van der Waals surface area contributed by atoms with E-state index in [1.165, 1.54) is 16.4 Å². The highest BCUT2D eigenvalue weighted by molar-refractivity contribution is 7.89. The summed E-state index contributed by atoms with van der Waals surface area (Å²) in [6.45, 7) is 0.498. The second kappa shape index (κ2) is 8.11. The molecule has 0 N–H and O–H groups in total. The number of halogens is 1. The molecule has 2 heterocycles. The van der Waals surface area contributed by atoms with E-state index in [2.05, 4.69) is 10.1 Å². The van der Waals surface area contributed by atoms with E-state index in [0.29, 0.717) is 16.6 Å². The second-order valence-electron chi connectivity index (χ2n) is 6.37. The lowest BCUT2D eigenvalue weighted by molar-refractivity contribution is -0.0199. The predicted octanol–water partition coefficient (Wildman–Crippen LogP) is 3.16. The van der Waals surface area contributed by atoms with Crippen LogP contribution in [0, 0.1) is 0 Å². The molecule has 0 saturated carbocycles. The zero-order valence-electron chi connectivity index (χ0n) is 15.5. The van der Waals surface area contributed by atoms with Crippen molar-refractivity contribution in [1.29, 1.82) is 0 Å². The van der Waals surface area contributed by atoms with Crippen molar-refractivity contribution in [2.75, 3.05) is 26.8 Å². The summed E-state index contributed by atoms with van der Waals surface area (Å²) in [6.07, 6.45) is -0.662. The molecule has 0 aliphatic carbocycles. The van der Waals surface area contributed by atoms with Crippen molar-refractivity contribution in [1.82, 2.24) is 14.4 Å². The highest BCUT2D eigenvalue weighted by Gasteiger charge is 2.34. The van der Waals surface area contributed by atoms with E-state index >= 15 is 0 Å². The largest absolute Gasteiger partial charge is 0.497 e. The number of sulfonamides is 1. The van der Waals surface area contributed by atoms with Crippen LogP contribution in [0.1, 0.15) is 12.0 Å². The van der Waals surface area contributed by atoms with Gasteiger partial charge in [0.1, 0.15) is 5.75 Å². The molecule has 2 aromatic carbocycles. The van der Waals surface area contributed by atoms with Gasteiger partial charge in [0.25, 0.3) is 5.89 Å². The third-order valence-corrected chi connectivity index (χ3v) is 6.60. The van der Waals surface area contributed by atoms with Gasteiger partial charge in [-0.25, -0.2) is 8.42 Å². The SMILES string of the molecule is COc1cccc(-c2noc([C@@H]3CN(S(=O)(=O)c4cccc(Cl)c4)CCO3)n2)c1. The van der Waals surface area contributed by atoms with Crippen LogP contribution in [0.5, 0.6) is 5.75 Å². The minimum Gasteiger partial charge on any atom is -0.497 e. The molecule has 0 radical (unpaired) electrons. The van der Waals surface area contributed by atoms with Crippen molar-refractivity contribution in [3.05, 3.63) is 59.4 Å². The van der Waals surface area contributed by atoms with Gasteiger partial charge < -0.3 is 14.0 Å². The first kappa shape index (κ1) is 19.8. The van der Waals surface area contributed by atoms with E-state index < -0.39 is 16.1 Å². The number of morpholine rings is 1. The number of aromatic nitrogens is 2. The fourth-order valence-electron chi connectivity index (χ4n) is 3.02. The normalized spacial score (nSPS) is 17.9. The van der Waals surface area contributed by atoms with E-state index in [1.54, 1.807) is 25.3 Å². The van der Waals surface area contributed by atoms with Crippen molar-refractivity contribution in [3.8, 4) is 17.1 Å². The number of ether oxygens (including phenoxy) is 2. The molecular weight excluding hydrogens is 418 g/mol. The van der Waals surface area contributed by atoms with Gasteiger partial charge in [-0.05, 0) is 30.3 Å². The maximum absolute atomic E-state index is 12.9. The highest BCUT2D eigenvalue weighted by Crippen LogP contribution is 2.28. The Hall–Kier alpha value is -2.46. The molecule has 152 valence electrons. The molecule has 0 unspecified atom stereocenters. The molecule has 4 rings (SSSR count). The molecule has 0 amide bonds. The average molecular weight is 436 g/mol. The zero-order chi connectivity index (χ0) is 20.4. The number of hydrogen-bond acceptors (Lipinski definition) is 7. The molecule has 1 aromatic heterocycles. The van der Waals surface area contributed by atoms with Crippen LogP contribution in [0.2, 0.25) is 5.02 Å². The Morgan fingerprint density at radius 1 is 1.21 bits per heavy atom. The monoisotopic (exact) mass is 435 g/mol. The summed E-state index contributed by atoms with van der Waals surface area (Å²) in [5, 5.41) is 4.34.